The number of hydrogen-bond acceptors (Lipinski definition) is 5. The Morgan fingerprint density at radius 3 is 2.71 bits per heavy atom. The average Bonchev–Trinajstić information content (AvgIpc) is 3.10. The molecular formula is C17H25Cl2N3OS. The van der Waals surface area contributed by atoms with Crippen LogP contribution in [0.5, 0.6) is 0 Å². The van der Waals surface area contributed by atoms with Crippen molar-refractivity contribution in [2.24, 2.45) is 0 Å². The van der Waals surface area contributed by atoms with E-state index < -0.39 is 5.60 Å². The number of aryl methyl sites for hydroxylation is 1. The summed E-state index contributed by atoms with van der Waals surface area (Å²) in [4.78, 5) is 8.11. The molecule has 2 N–H and O–H groups in total. The first-order valence-electron chi connectivity index (χ1n) is 7.73. The van der Waals surface area contributed by atoms with Gasteiger partial charge < -0.3 is 10.4 Å². The van der Waals surface area contributed by atoms with Crippen molar-refractivity contribution in [2.75, 3.05) is 19.6 Å². The van der Waals surface area contributed by atoms with Gasteiger partial charge in [0.15, 0.2) is 0 Å². The first kappa shape index (κ1) is 21.4. The van der Waals surface area contributed by atoms with E-state index in [2.05, 4.69) is 33.6 Å². The van der Waals surface area contributed by atoms with Crippen molar-refractivity contribution in [1.29, 1.82) is 0 Å². The van der Waals surface area contributed by atoms with Gasteiger partial charge in [-0.05, 0) is 49.0 Å². The molecule has 3 rings (SSSR count). The van der Waals surface area contributed by atoms with E-state index in [4.69, 9.17) is 0 Å². The van der Waals surface area contributed by atoms with Crippen molar-refractivity contribution in [3.05, 3.63) is 52.0 Å². The van der Waals surface area contributed by atoms with Gasteiger partial charge in [-0.2, -0.15) is 0 Å². The molecule has 0 radical (unpaired) electrons. The largest absolute Gasteiger partial charge is 0.387 e. The van der Waals surface area contributed by atoms with Gasteiger partial charge in [-0.25, -0.2) is 0 Å². The van der Waals surface area contributed by atoms with Gasteiger partial charge in [0.2, 0.25) is 0 Å². The van der Waals surface area contributed by atoms with Gasteiger partial charge >= 0.3 is 0 Å². The lowest BCUT2D eigenvalue weighted by atomic mass is 10.0. The van der Waals surface area contributed by atoms with Gasteiger partial charge in [-0.15, -0.1) is 36.2 Å². The molecule has 1 unspecified atom stereocenters. The van der Waals surface area contributed by atoms with E-state index in [1.165, 1.54) is 10.4 Å². The second-order valence-electron chi connectivity index (χ2n) is 6.14. The van der Waals surface area contributed by atoms with Crippen molar-refractivity contribution in [1.82, 2.24) is 15.2 Å². The lowest BCUT2D eigenvalue weighted by molar-refractivity contribution is 0.0156. The Balaban J connectivity index is 0.00000144. The molecule has 1 atom stereocenters. The Morgan fingerprint density at radius 2 is 2.12 bits per heavy atom. The zero-order chi connectivity index (χ0) is 15.4. The molecule has 1 fully saturated rings. The minimum atomic E-state index is -0.625. The highest BCUT2D eigenvalue weighted by Crippen LogP contribution is 2.22. The van der Waals surface area contributed by atoms with E-state index in [1.807, 2.05) is 24.4 Å². The maximum Gasteiger partial charge on any atom is 0.0909 e. The van der Waals surface area contributed by atoms with Crippen LogP contribution in [0.15, 0.2) is 35.8 Å². The summed E-state index contributed by atoms with van der Waals surface area (Å²) in [6, 6.07) is 8.16. The average molecular weight is 390 g/mol. The molecule has 134 valence electrons. The van der Waals surface area contributed by atoms with Crippen LogP contribution in [0.1, 0.15) is 22.6 Å². The highest BCUT2D eigenvalue weighted by atomic mass is 35.5. The third-order valence-corrected chi connectivity index (χ3v) is 5.19. The van der Waals surface area contributed by atoms with Crippen LogP contribution in [0.4, 0.5) is 0 Å². The molecule has 0 bridgehead atoms. The van der Waals surface area contributed by atoms with Crippen molar-refractivity contribution in [3.63, 3.8) is 0 Å². The van der Waals surface area contributed by atoms with Crippen molar-refractivity contribution < 1.29 is 5.11 Å². The number of β-amino-alcohol motifs (C(OH)–C–C–N with tert-alkyl or cyclic N) is 1. The summed E-state index contributed by atoms with van der Waals surface area (Å²) in [5, 5.41) is 16.1. The quantitative estimate of drug-likeness (QED) is 0.796. The van der Waals surface area contributed by atoms with E-state index >= 15 is 0 Å². The zero-order valence-electron chi connectivity index (χ0n) is 13.8. The molecule has 1 aliphatic rings. The number of nitrogens with zero attached hydrogens (tertiary/aromatic N) is 2. The van der Waals surface area contributed by atoms with Crippen molar-refractivity contribution >= 4 is 36.2 Å². The summed E-state index contributed by atoms with van der Waals surface area (Å²) < 4.78 is 0. The van der Waals surface area contributed by atoms with Crippen LogP contribution in [0.25, 0.3) is 0 Å². The first-order chi connectivity index (χ1) is 10.6. The van der Waals surface area contributed by atoms with Crippen molar-refractivity contribution in [3.8, 4) is 0 Å². The molecule has 3 heterocycles. The summed E-state index contributed by atoms with van der Waals surface area (Å²) >= 11 is 1.79. The highest BCUT2D eigenvalue weighted by molar-refractivity contribution is 7.10. The second-order valence-corrected chi connectivity index (χ2v) is 7.14. The first-order valence-corrected chi connectivity index (χ1v) is 8.61. The van der Waals surface area contributed by atoms with Crippen LogP contribution >= 0.6 is 36.2 Å². The molecule has 1 aliphatic heterocycles. The standard InChI is InChI=1S/C17H23N3OS.2ClH/c1-14-5-9-22-16(14)11-20(10-15-4-2-3-7-19-15)13-17(21)6-8-18-12-17;;/h2-5,7,9,18,21H,6,8,10-13H2,1H3;2*1H. The number of nitrogens with one attached hydrogen (secondary N) is 1. The number of aromatic nitrogens is 1. The van der Waals surface area contributed by atoms with Gasteiger partial charge in [0.1, 0.15) is 0 Å². The number of hydrogen-bond donors (Lipinski definition) is 2. The van der Waals surface area contributed by atoms with Gasteiger partial charge in [0.05, 0.1) is 11.3 Å². The molecular weight excluding hydrogens is 365 g/mol. The molecule has 0 amide bonds. The van der Waals surface area contributed by atoms with E-state index in [9.17, 15) is 5.11 Å². The number of aliphatic hydroxyl groups is 1. The van der Waals surface area contributed by atoms with Crippen LogP contribution in [0.3, 0.4) is 0 Å². The topological polar surface area (TPSA) is 48.4 Å². The van der Waals surface area contributed by atoms with E-state index in [1.54, 1.807) is 11.3 Å². The van der Waals surface area contributed by atoms with Crippen LogP contribution in [0, 0.1) is 6.92 Å². The predicted molar refractivity (Wildman–Crippen MR) is 104 cm³/mol. The summed E-state index contributed by atoms with van der Waals surface area (Å²) in [6.07, 6.45) is 2.64. The third-order valence-electron chi connectivity index (χ3n) is 4.19. The van der Waals surface area contributed by atoms with E-state index in [-0.39, 0.29) is 24.8 Å². The summed E-state index contributed by atoms with van der Waals surface area (Å²) in [7, 11) is 0. The lowest BCUT2D eigenvalue weighted by Crippen LogP contribution is -2.44. The molecule has 0 aliphatic carbocycles. The Bertz CT molecular complexity index is 603. The number of halogens is 2. The SMILES string of the molecule is Cc1ccsc1CN(Cc1ccccn1)CC1(O)CCNC1.Cl.Cl. The van der Waals surface area contributed by atoms with Crippen molar-refractivity contribution in [2.45, 2.75) is 32.0 Å². The number of pyridine rings is 1. The predicted octanol–water partition coefficient (Wildman–Crippen LogP) is 3.02. The molecule has 4 nitrogen and oxygen atoms in total. The number of rotatable bonds is 6. The summed E-state index contributed by atoms with van der Waals surface area (Å²) in [5.41, 5.74) is 1.75. The Morgan fingerprint density at radius 1 is 1.29 bits per heavy atom. The highest BCUT2D eigenvalue weighted by Gasteiger charge is 2.33. The fourth-order valence-electron chi connectivity index (χ4n) is 2.94. The fourth-order valence-corrected chi connectivity index (χ4v) is 3.89. The Labute approximate surface area is 160 Å². The second kappa shape index (κ2) is 9.70. The van der Waals surface area contributed by atoms with Gasteiger partial charge in [-0.1, -0.05) is 6.07 Å². The van der Waals surface area contributed by atoms with Crippen LogP contribution in [0.2, 0.25) is 0 Å². The van der Waals surface area contributed by atoms with Gasteiger partial charge in [0.25, 0.3) is 0 Å². The molecule has 1 saturated heterocycles. The molecule has 24 heavy (non-hydrogen) atoms. The monoisotopic (exact) mass is 389 g/mol. The normalized spacial score (nSPS) is 19.8. The fraction of sp³-hybridized carbons (Fsp3) is 0.471. The van der Waals surface area contributed by atoms with Gasteiger partial charge in [-0.3, -0.25) is 9.88 Å². The molecule has 7 heteroatoms. The summed E-state index contributed by atoms with van der Waals surface area (Å²) in [5.74, 6) is 0. The number of thiophene rings is 1. The molecule has 2 aromatic heterocycles. The maximum atomic E-state index is 10.7. The maximum absolute atomic E-state index is 10.7. The minimum absolute atomic E-state index is 0. The lowest BCUT2D eigenvalue weighted by Gasteiger charge is -2.30. The Kier molecular flexibility index (Phi) is 8.63. The van der Waals surface area contributed by atoms with Crippen LogP contribution < -0.4 is 5.32 Å². The molecule has 2 aromatic rings. The zero-order valence-corrected chi connectivity index (χ0v) is 16.2. The molecule has 0 aromatic carbocycles. The van der Waals surface area contributed by atoms with Crippen LogP contribution in [-0.2, 0) is 13.1 Å². The van der Waals surface area contributed by atoms with Crippen LogP contribution in [-0.4, -0.2) is 40.2 Å². The molecule has 0 spiro atoms. The smallest absolute Gasteiger partial charge is 0.0909 e. The van der Waals surface area contributed by atoms with Gasteiger partial charge in [0, 0.05) is 37.3 Å². The summed E-state index contributed by atoms with van der Waals surface area (Å²) in [6.45, 7) is 6.02. The molecule has 0 saturated carbocycles. The van der Waals surface area contributed by atoms with E-state index in [0.717, 1.165) is 31.7 Å². The third kappa shape index (κ3) is 5.69. The van der Waals surface area contributed by atoms with E-state index in [0.29, 0.717) is 13.1 Å². The Hall–Kier alpha value is -0.690. The minimum Gasteiger partial charge on any atom is -0.387 e.